The Hall–Kier alpha value is -1.26. The fourth-order valence-corrected chi connectivity index (χ4v) is 2.74. The van der Waals surface area contributed by atoms with E-state index < -0.39 is 6.10 Å². The van der Waals surface area contributed by atoms with E-state index in [0.29, 0.717) is 13.0 Å². The molecule has 2 rings (SSSR count). The lowest BCUT2D eigenvalue weighted by molar-refractivity contribution is -0.138. The van der Waals surface area contributed by atoms with E-state index in [9.17, 15) is 4.79 Å². The molecular formula is C17H27ClN2O2. The van der Waals surface area contributed by atoms with Crippen LogP contribution in [0.1, 0.15) is 32.3 Å². The minimum Gasteiger partial charge on any atom is -0.481 e. The summed E-state index contributed by atoms with van der Waals surface area (Å²) in [4.78, 5) is 14.5. The average molecular weight is 327 g/mol. The van der Waals surface area contributed by atoms with Gasteiger partial charge >= 0.3 is 0 Å². The normalized spacial score (nSPS) is 22.1. The molecule has 1 saturated heterocycles. The van der Waals surface area contributed by atoms with Gasteiger partial charge in [-0.1, -0.05) is 26.0 Å². The van der Waals surface area contributed by atoms with Crippen molar-refractivity contribution in [2.75, 3.05) is 19.6 Å². The average Bonchev–Trinajstić information content (AvgIpc) is 2.87. The highest BCUT2D eigenvalue weighted by Crippen LogP contribution is 2.29. The summed E-state index contributed by atoms with van der Waals surface area (Å²) in [6, 6.07) is 7.83. The molecule has 2 atom stereocenters. The number of likely N-dealkylation sites (tertiary alicyclic amines) is 1. The van der Waals surface area contributed by atoms with E-state index in [0.717, 1.165) is 30.8 Å². The molecule has 1 aliphatic rings. The molecule has 0 spiro atoms. The van der Waals surface area contributed by atoms with Crippen LogP contribution in [-0.4, -0.2) is 36.5 Å². The van der Waals surface area contributed by atoms with Crippen molar-refractivity contribution in [3.8, 4) is 5.75 Å². The first kappa shape index (κ1) is 18.8. The Kier molecular flexibility index (Phi) is 6.69. The maximum atomic E-state index is 12.6. The molecule has 1 fully saturated rings. The summed E-state index contributed by atoms with van der Waals surface area (Å²) in [5.41, 5.74) is 6.99. The number of ether oxygens (including phenoxy) is 1. The van der Waals surface area contributed by atoms with E-state index >= 15 is 0 Å². The molecule has 1 aliphatic heterocycles. The lowest BCUT2D eigenvalue weighted by Gasteiger charge is -2.26. The summed E-state index contributed by atoms with van der Waals surface area (Å²) in [6.07, 6.45) is 1.23. The SMILES string of the molecule is CCC(Oc1cccc(C)c1)C(=O)N1CCC(C)(CN)C1.Cl. The van der Waals surface area contributed by atoms with Gasteiger partial charge in [0.2, 0.25) is 0 Å². The third kappa shape index (κ3) is 4.37. The van der Waals surface area contributed by atoms with Gasteiger partial charge in [-0.15, -0.1) is 12.4 Å². The molecule has 124 valence electrons. The predicted octanol–water partition coefficient (Wildman–Crippen LogP) is 2.77. The molecule has 0 aliphatic carbocycles. The second kappa shape index (κ2) is 7.84. The Morgan fingerprint density at radius 2 is 2.23 bits per heavy atom. The van der Waals surface area contributed by atoms with Gasteiger partial charge in [0.05, 0.1) is 0 Å². The van der Waals surface area contributed by atoms with Crippen LogP contribution in [-0.2, 0) is 4.79 Å². The Balaban J connectivity index is 0.00000242. The van der Waals surface area contributed by atoms with Crippen LogP contribution < -0.4 is 10.5 Å². The highest BCUT2D eigenvalue weighted by Gasteiger charge is 2.37. The third-order valence-electron chi connectivity index (χ3n) is 4.28. The monoisotopic (exact) mass is 326 g/mol. The van der Waals surface area contributed by atoms with E-state index in [1.54, 1.807) is 0 Å². The standard InChI is InChI=1S/C17H26N2O2.ClH/c1-4-15(21-14-7-5-6-13(2)10-14)16(20)19-9-8-17(3,11-18)12-19;/h5-7,10,15H,4,8-9,11-12,18H2,1-3H3;1H. The Morgan fingerprint density at radius 3 is 2.77 bits per heavy atom. The topological polar surface area (TPSA) is 55.6 Å². The van der Waals surface area contributed by atoms with Crippen LogP contribution in [0.3, 0.4) is 0 Å². The summed E-state index contributed by atoms with van der Waals surface area (Å²) in [5.74, 6) is 0.840. The first-order chi connectivity index (χ1) is 9.97. The molecule has 2 N–H and O–H groups in total. The molecule has 2 unspecified atom stereocenters. The van der Waals surface area contributed by atoms with Gasteiger partial charge in [-0.05, 0) is 49.4 Å². The van der Waals surface area contributed by atoms with Gasteiger partial charge in [0.1, 0.15) is 5.75 Å². The number of hydrogen-bond acceptors (Lipinski definition) is 3. The number of nitrogens with two attached hydrogens (primary N) is 1. The number of hydrogen-bond donors (Lipinski definition) is 1. The van der Waals surface area contributed by atoms with Gasteiger partial charge in [-0.25, -0.2) is 0 Å². The van der Waals surface area contributed by atoms with Gasteiger partial charge in [-0.2, -0.15) is 0 Å². The number of carbonyl (C=O) groups is 1. The van der Waals surface area contributed by atoms with Gasteiger partial charge < -0.3 is 15.4 Å². The fraction of sp³-hybridized carbons (Fsp3) is 0.588. The molecule has 4 nitrogen and oxygen atoms in total. The first-order valence-electron chi connectivity index (χ1n) is 7.69. The van der Waals surface area contributed by atoms with E-state index in [1.165, 1.54) is 0 Å². The van der Waals surface area contributed by atoms with Crippen LogP contribution in [0.4, 0.5) is 0 Å². The molecule has 0 aromatic heterocycles. The lowest BCUT2D eigenvalue weighted by Crippen LogP contribution is -2.42. The molecule has 0 radical (unpaired) electrons. The molecule has 1 aromatic rings. The summed E-state index contributed by atoms with van der Waals surface area (Å²) < 4.78 is 5.90. The second-order valence-electron chi connectivity index (χ2n) is 6.36. The summed E-state index contributed by atoms with van der Waals surface area (Å²) in [5, 5.41) is 0. The number of rotatable bonds is 5. The quantitative estimate of drug-likeness (QED) is 0.905. The van der Waals surface area contributed by atoms with Crippen LogP contribution in [0.2, 0.25) is 0 Å². The van der Waals surface area contributed by atoms with Gasteiger partial charge in [0, 0.05) is 13.1 Å². The molecular weight excluding hydrogens is 300 g/mol. The molecule has 1 aromatic carbocycles. The zero-order valence-electron chi connectivity index (χ0n) is 13.7. The highest BCUT2D eigenvalue weighted by atomic mass is 35.5. The Morgan fingerprint density at radius 1 is 1.50 bits per heavy atom. The van der Waals surface area contributed by atoms with Gasteiger partial charge in [0.25, 0.3) is 5.91 Å². The van der Waals surface area contributed by atoms with Crippen LogP contribution in [0.25, 0.3) is 0 Å². The van der Waals surface area contributed by atoms with E-state index in [1.807, 2.05) is 43.0 Å². The lowest BCUT2D eigenvalue weighted by atomic mass is 9.90. The van der Waals surface area contributed by atoms with Crippen LogP contribution in [0, 0.1) is 12.3 Å². The second-order valence-corrected chi connectivity index (χ2v) is 6.36. The van der Waals surface area contributed by atoms with Crippen molar-refractivity contribution in [2.45, 2.75) is 39.7 Å². The molecule has 5 heteroatoms. The minimum absolute atomic E-state index is 0. The zero-order chi connectivity index (χ0) is 15.5. The van der Waals surface area contributed by atoms with Crippen molar-refractivity contribution in [2.24, 2.45) is 11.1 Å². The van der Waals surface area contributed by atoms with Crippen molar-refractivity contribution >= 4 is 18.3 Å². The van der Waals surface area contributed by atoms with Crippen molar-refractivity contribution in [1.82, 2.24) is 4.90 Å². The van der Waals surface area contributed by atoms with Crippen molar-refractivity contribution in [1.29, 1.82) is 0 Å². The largest absolute Gasteiger partial charge is 0.481 e. The Bertz CT molecular complexity index is 509. The van der Waals surface area contributed by atoms with Gasteiger partial charge in [0.15, 0.2) is 6.10 Å². The van der Waals surface area contributed by atoms with Crippen LogP contribution in [0.15, 0.2) is 24.3 Å². The number of aryl methyl sites for hydroxylation is 1. The van der Waals surface area contributed by atoms with Crippen molar-refractivity contribution in [3.63, 3.8) is 0 Å². The third-order valence-corrected chi connectivity index (χ3v) is 4.28. The van der Waals surface area contributed by atoms with Crippen molar-refractivity contribution in [3.05, 3.63) is 29.8 Å². The maximum Gasteiger partial charge on any atom is 0.263 e. The van der Waals surface area contributed by atoms with Crippen molar-refractivity contribution < 1.29 is 9.53 Å². The predicted molar refractivity (Wildman–Crippen MR) is 91.5 cm³/mol. The minimum atomic E-state index is -0.410. The molecule has 22 heavy (non-hydrogen) atoms. The van der Waals surface area contributed by atoms with E-state index in [2.05, 4.69) is 6.92 Å². The zero-order valence-corrected chi connectivity index (χ0v) is 14.5. The first-order valence-corrected chi connectivity index (χ1v) is 7.69. The number of amides is 1. The van der Waals surface area contributed by atoms with Crippen LogP contribution in [0.5, 0.6) is 5.75 Å². The maximum absolute atomic E-state index is 12.6. The summed E-state index contributed by atoms with van der Waals surface area (Å²) >= 11 is 0. The highest BCUT2D eigenvalue weighted by molar-refractivity contribution is 5.85. The number of benzene rings is 1. The smallest absolute Gasteiger partial charge is 0.263 e. The molecule has 1 amide bonds. The molecule has 0 saturated carbocycles. The number of halogens is 1. The number of nitrogens with zero attached hydrogens (tertiary/aromatic N) is 1. The Labute approximate surface area is 139 Å². The van der Waals surface area contributed by atoms with E-state index in [-0.39, 0.29) is 23.7 Å². The molecule has 1 heterocycles. The number of carbonyl (C=O) groups excluding carboxylic acids is 1. The summed E-state index contributed by atoms with van der Waals surface area (Å²) in [6.45, 7) is 8.27. The van der Waals surface area contributed by atoms with E-state index in [4.69, 9.17) is 10.5 Å². The fourth-order valence-electron chi connectivity index (χ4n) is 2.74. The van der Waals surface area contributed by atoms with Crippen LogP contribution >= 0.6 is 12.4 Å². The van der Waals surface area contributed by atoms with Gasteiger partial charge in [-0.3, -0.25) is 4.79 Å². The summed E-state index contributed by atoms with van der Waals surface area (Å²) in [7, 11) is 0. The molecule has 0 bridgehead atoms.